The Labute approximate surface area is 90.8 Å². The number of hydrogen-bond donors (Lipinski definition) is 2. The fourth-order valence-corrected chi connectivity index (χ4v) is 1.75. The van der Waals surface area contributed by atoms with Gasteiger partial charge in [-0.2, -0.15) is 0 Å². The molecule has 0 aliphatic carbocycles. The fraction of sp³-hybridized carbons (Fsp3) is 0.500. The smallest absolute Gasteiger partial charge is 0.0872 e. The lowest BCUT2D eigenvalue weighted by molar-refractivity contribution is 0.0372. The predicted octanol–water partition coefficient (Wildman–Crippen LogP) is 1.40. The zero-order valence-electron chi connectivity index (χ0n) is 9.12. The zero-order chi connectivity index (χ0) is 10.5. The Morgan fingerprint density at radius 1 is 1.47 bits per heavy atom. The van der Waals surface area contributed by atoms with Crippen LogP contribution in [-0.4, -0.2) is 32.3 Å². The van der Waals surface area contributed by atoms with Crippen LogP contribution in [0.15, 0.2) is 24.3 Å². The number of ether oxygens (including phenoxy) is 1. The molecule has 1 aliphatic heterocycles. The van der Waals surface area contributed by atoms with E-state index >= 15 is 0 Å². The maximum atomic E-state index is 5.61. The molecule has 1 fully saturated rings. The summed E-state index contributed by atoms with van der Waals surface area (Å²) in [5.41, 5.74) is 2.48. The summed E-state index contributed by atoms with van der Waals surface area (Å²) in [4.78, 5) is 0. The average molecular weight is 206 g/mol. The molecule has 1 aromatic rings. The van der Waals surface area contributed by atoms with E-state index in [1.807, 2.05) is 0 Å². The van der Waals surface area contributed by atoms with Gasteiger partial charge in [0.25, 0.3) is 0 Å². The number of rotatable bonds is 3. The summed E-state index contributed by atoms with van der Waals surface area (Å²) >= 11 is 0. The van der Waals surface area contributed by atoms with Gasteiger partial charge in [0.15, 0.2) is 0 Å². The normalized spacial score (nSPS) is 21.3. The van der Waals surface area contributed by atoms with Gasteiger partial charge in [-0.05, 0) is 18.6 Å². The average Bonchev–Trinajstić information content (AvgIpc) is 2.29. The maximum Gasteiger partial charge on any atom is 0.0872 e. The van der Waals surface area contributed by atoms with Crippen LogP contribution >= 0.6 is 0 Å². The first kappa shape index (κ1) is 10.5. The quantitative estimate of drug-likeness (QED) is 0.784. The Morgan fingerprint density at radius 3 is 3.07 bits per heavy atom. The minimum Gasteiger partial charge on any atom is -0.382 e. The highest BCUT2D eigenvalue weighted by Gasteiger charge is 2.12. The number of morpholine rings is 1. The van der Waals surface area contributed by atoms with E-state index in [4.69, 9.17) is 4.74 Å². The van der Waals surface area contributed by atoms with Crippen LogP contribution < -0.4 is 10.6 Å². The van der Waals surface area contributed by atoms with Crippen LogP contribution in [0.4, 0.5) is 5.69 Å². The van der Waals surface area contributed by atoms with Crippen LogP contribution in [0, 0.1) is 6.92 Å². The molecule has 0 radical (unpaired) electrons. The summed E-state index contributed by atoms with van der Waals surface area (Å²) in [6, 6.07) is 8.32. The van der Waals surface area contributed by atoms with Crippen molar-refractivity contribution in [1.82, 2.24) is 5.32 Å². The molecule has 82 valence electrons. The molecule has 0 spiro atoms. The number of nitrogens with one attached hydrogen (secondary N) is 2. The van der Waals surface area contributed by atoms with Crippen LogP contribution in [0.5, 0.6) is 0 Å². The molecule has 0 bridgehead atoms. The Bertz CT molecular complexity index is 308. The largest absolute Gasteiger partial charge is 0.382 e. The molecule has 0 aromatic heterocycles. The SMILES string of the molecule is Cc1ccccc1NCC1CNCCO1. The highest BCUT2D eigenvalue weighted by Crippen LogP contribution is 2.13. The van der Waals surface area contributed by atoms with E-state index in [1.165, 1.54) is 11.3 Å². The molecule has 1 unspecified atom stereocenters. The van der Waals surface area contributed by atoms with Crippen LogP contribution in [0.3, 0.4) is 0 Å². The zero-order valence-corrected chi connectivity index (χ0v) is 9.12. The van der Waals surface area contributed by atoms with E-state index in [0.717, 1.165) is 26.2 Å². The molecule has 1 aromatic carbocycles. The molecule has 1 saturated heterocycles. The van der Waals surface area contributed by atoms with Crippen LogP contribution in [-0.2, 0) is 4.74 Å². The number of hydrogen-bond acceptors (Lipinski definition) is 3. The van der Waals surface area contributed by atoms with Gasteiger partial charge in [0.05, 0.1) is 12.7 Å². The summed E-state index contributed by atoms with van der Waals surface area (Å²) in [7, 11) is 0. The van der Waals surface area contributed by atoms with Crippen molar-refractivity contribution in [2.24, 2.45) is 0 Å². The van der Waals surface area contributed by atoms with Gasteiger partial charge in [0.2, 0.25) is 0 Å². The molecule has 0 saturated carbocycles. The van der Waals surface area contributed by atoms with Crippen molar-refractivity contribution in [3.8, 4) is 0 Å². The fourth-order valence-electron chi connectivity index (χ4n) is 1.75. The van der Waals surface area contributed by atoms with E-state index in [2.05, 4.69) is 41.8 Å². The van der Waals surface area contributed by atoms with Gasteiger partial charge in [0, 0.05) is 25.3 Å². The van der Waals surface area contributed by atoms with Gasteiger partial charge in [-0.1, -0.05) is 18.2 Å². The van der Waals surface area contributed by atoms with E-state index < -0.39 is 0 Å². The van der Waals surface area contributed by atoms with Crippen molar-refractivity contribution < 1.29 is 4.74 Å². The van der Waals surface area contributed by atoms with Crippen molar-refractivity contribution >= 4 is 5.69 Å². The van der Waals surface area contributed by atoms with Crippen molar-refractivity contribution in [2.45, 2.75) is 13.0 Å². The summed E-state index contributed by atoms with van der Waals surface area (Å²) in [6.45, 7) is 5.72. The molecular weight excluding hydrogens is 188 g/mol. The molecule has 1 heterocycles. The van der Waals surface area contributed by atoms with Gasteiger partial charge in [0.1, 0.15) is 0 Å². The van der Waals surface area contributed by atoms with Crippen LogP contribution in [0.2, 0.25) is 0 Å². The topological polar surface area (TPSA) is 33.3 Å². The van der Waals surface area contributed by atoms with Gasteiger partial charge in [-0.15, -0.1) is 0 Å². The van der Waals surface area contributed by atoms with Crippen molar-refractivity contribution in [1.29, 1.82) is 0 Å². The monoisotopic (exact) mass is 206 g/mol. The molecule has 3 heteroatoms. The molecule has 3 nitrogen and oxygen atoms in total. The van der Waals surface area contributed by atoms with Crippen molar-refractivity contribution in [2.75, 3.05) is 31.6 Å². The van der Waals surface area contributed by atoms with E-state index in [-0.39, 0.29) is 0 Å². The molecule has 2 N–H and O–H groups in total. The summed E-state index contributed by atoms with van der Waals surface area (Å²) in [5, 5.41) is 6.74. The molecule has 15 heavy (non-hydrogen) atoms. The van der Waals surface area contributed by atoms with Gasteiger partial charge in [-0.3, -0.25) is 0 Å². The van der Waals surface area contributed by atoms with E-state index in [9.17, 15) is 0 Å². The third kappa shape index (κ3) is 2.94. The number of para-hydroxylation sites is 1. The lowest BCUT2D eigenvalue weighted by atomic mass is 10.2. The van der Waals surface area contributed by atoms with Crippen LogP contribution in [0.25, 0.3) is 0 Å². The lowest BCUT2D eigenvalue weighted by Gasteiger charge is -2.24. The third-order valence-electron chi connectivity index (χ3n) is 2.67. The standard InChI is InChI=1S/C12H18N2O/c1-10-4-2-3-5-12(10)14-9-11-8-13-6-7-15-11/h2-5,11,13-14H,6-9H2,1H3. The second kappa shape index (κ2) is 5.14. The maximum absolute atomic E-state index is 5.61. The highest BCUT2D eigenvalue weighted by atomic mass is 16.5. The Balaban J connectivity index is 1.84. The van der Waals surface area contributed by atoms with Gasteiger partial charge >= 0.3 is 0 Å². The minimum atomic E-state index is 0.290. The highest BCUT2D eigenvalue weighted by molar-refractivity contribution is 5.50. The Hall–Kier alpha value is -1.06. The molecular formula is C12H18N2O. The number of benzene rings is 1. The molecule has 1 aliphatic rings. The lowest BCUT2D eigenvalue weighted by Crippen LogP contribution is -2.42. The number of aryl methyl sites for hydroxylation is 1. The first-order valence-corrected chi connectivity index (χ1v) is 5.48. The summed E-state index contributed by atoms with van der Waals surface area (Å²) < 4.78 is 5.61. The Kier molecular flexibility index (Phi) is 3.59. The molecule has 0 amide bonds. The number of anilines is 1. The second-order valence-electron chi connectivity index (χ2n) is 3.89. The van der Waals surface area contributed by atoms with Gasteiger partial charge in [-0.25, -0.2) is 0 Å². The second-order valence-corrected chi connectivity index (χ2v) is 3.89. The molecule has 1 atom stereocenters. The van der Waals surface area contributed by atoms with E-state index in [1.54, 1.807) is 0 Å². The third-order valence-corrected chi connectivity index (χ3v) is 2.67. The summed E-state index contributed by atoms with van der Waals surface area (Å²) in [6.07, 6.45) is 0.290. The van der Waals surface area contributed by atoms with Crippen LogP contribution in [0.1, 0.15) is 5.56 Å². The van der Waals surface area contributed by atoms with Crippen molar-refractivity contribution in [3.63, 3.8) is 0 Å². The first-order valence-electron chi connectivity index (χ1n) is 5.48. The van der Waals surface area contributed by atoms with Gasteiger partial charge < -0.3 is 15.4 Å². The summed E-state index contributed by atoms with van der Waals surface area (Å²) in [5.74, 6) is 0. The minimum absolute atomic E-state index is 0.290. The Morgan fingerprint density at radius 2 is 2.33 bits per heavy atom. The van der Waals surface area contributed by atoms with E-state index in [0.29, 0.717) is 6.10 Å². The first-order chi connectivity index (χ1) is 7.36. The molecule has 2 rings (SSSR count). The van der Waals surface area contributed by atoms with Crippen molar-refractivity contribution in [3.05, 3.63) is 29.8 Å². The predicted molar refractivity (Wildman–Crippen MR) is 62.3 cm³/mol.